The van der Waals surface area contributed by atoms with Crippen LogP contribution in [-0.2, 0) is 11.2 Å². The topological polar surface area (TPSA) is 26.3 Å². The standard InChI is InChI=1S/C11H13BrO2/c1-8(13)3-4-9-7-10(12)5-6-11(9)14-2/h5-7H,3-4H2,1-2H3. The highest BCUT2D eigenvalue weighted by Crippen LogP contribution is 2.24. The Morgan fingerprint density at radius 1 is 1.50 bits per heavy atom. The van der Waals surface area contributed by atoms with Crippen LogP contribution in [0.2, 0.25) is 0 Å². The number of ketones is 1. The zero-order chi connectivity index (χ0) is 10.6. The molecule has 0 unspecified atom stereocenters. The van der Waals surface area contributed by atoms with Gasteiger partial charge in [-0.3, -0.25) is 0 Å². The maximum absolute atomic E-state index is 10.8. The Labute approximate surface area is 92.4 Å². The number of methoxy groups -OCH3 is 1. The van der Waals surface area contributed by atoms with E-state index in [0.717, 1.165) is 22.2 Å². The van der Waals surface area contributed by atoms with Crippen LogP contribution in [0, 0.1) is 0 Å². The number of aryl methyl sites for hydroxylation is 1. The summed E-state index contributed by atoms with van der Waals surface area (Å²) in [5, 5.41) is 0. The van der Waals surface area contributed by atoms with Crippen LogP contribution in [0.3, 0.4) is 0 Å². The first-order valence-electron chi connectivity index (χ1n) is 4.45. The number of carbonyl (C=O) groups excluding carboxylic acids is 1. The van der Waals surface area contributed by atoms with Crippen molar-refractivity contribution in [1.82, 2.24) is 0 Å². The molecule has 1 aromatic carbocycles. The van der Waals surface area contributed by atoms with Crippen LogP contribution < -0.4 is 4.74 Å². The van der Waals surface area contributed by atoms with Crippen LogP contribution in [0.1, 0.15) is 18.9 Å². The maximum atomic E-state index is 10.8. The molecule has 76 valence electrons. The Hall–Kier alpha value is -0.830. The molecule has 14 heavy (non-hydrogen) atoms. The molecule has 0 atom stereocenters. The Bertz CT molecular complexity index is 334. The summed E-state index contributed by atoms with van der Waals surface area (Å²) in [6.45, 7) is 1.60. The number of hydrogen-bond acceptors (Lipinski definition) is 2. The van der Waals surface area contributed by atoms with Crippen molar-refractivity contribution in [3.63, 3.8) is 0 Å². The first-order chi connectivity index (χ1) is 6.63. The Balaban J connectivity index is 2.82. The van der Waals surface area contributed by atoms with Gasteiger partial charge in [0, 0.05) is 10.9 Å². The van der Waals surface area contributed by atoms with E-state index in [4.69, 9.17) is 4.74 Å². The quantitative estimate of drug-likeness (QED) is 0.828. The summed E-state index contributed by atoms with van der Waals surface area (Å²) in [6.07, 6.45) is 1.30. The summed E-state index contributed by atoms with van der Waals surface area (Å²) in [5.74, 6) is 1.04. The minimum atomic E-state index is 0.201. The van der Waals surface area contributed by atoms with Crippen molar-refractivity contribution < 1.29 is 9.53 Å². The lowest BCUT2D eigenvalue weighted by molar-refractivity contribution is -0.116. The van der Waals surface area contributed by atoms with Crippen molar-refractivity contribution in [2.75, 3.05) is 7.11 Å². The molecule has 1 rings (SSSR count). The molecular weight excluding hydrogens is 244 g/mol. The van der Waals surface area contributed by atoms with E-state index in [9.17, 15) is 4.79 Å². The highest BCUT2D eigenvalue weighted by molar-refractivity contribution is 9.10. The molecule has 0 aliphatic heterocycles. The third kappa shape index (κ3) is 3.14. The molecule has 0 amide bonds. The van der Waals surface area contributed by atoms with Crippen molar-refractivity contribution in [2.24, 2.45) is 0 Å². The van der Waals surface area contributed by atoms with Gasteiger partial charge in [-0.2, -0.15) is 0 Å². The molecule has 0 heterocycles. The minimum Gasteiger partial charge on any atom is -0.496 e. The van der Waals surface area contributed by atoms with Gasteiger partial charge in [0.1, 0.15) is 11.5 Å². The number of ether oxygens (including phenoxy) is 1. The summed E-state index contributed by atoms with van der Waals surface area (Å²) in [5.41, 5.74) is 1.07. The number of benzene rings is 1. The van der Waals surface area contributed by atoms with E-state index in [1.54, 1.807) is 14.0 Å². The predicted molar refractivity (Wildman–Crippen MR) is 59.7 cm³/mol. The fourth-order valence-electron chi connectivity index (χ4n) is 1.25. The van der Waals surface area contributed by atoms with E-state index in [1.165, 1.54) is 0 Å². The first-order valence-corrected chi connectivity index (χ1v) is 5.24. The van der Waals surface area contributed by atoms with E-state index in [1.807, 2.05) is 18.2 Å². The maximum Gasteiger partial charge on any atom is 0.130 e. The summed E-state index contributed by atoms with van der Waals surface area (Å²) < 4.78 is 6.21. The zero-order valence-electron chi connectivity index (χ0n) is 8.34. The number of Topliss-reactive ketones (excluding diaryl/α,β-unsaturated/α-hetero) is 1. The molecule has 1 aromatic rings. The molecule has 0 spiro atoms. The second-order valence-electron chi connectivity index (χ2n) is 3.16. The van der Waals surface area contributed by atoms with Gasteiger partial charge in [0.25, 0.3) is 0 Å². The number of rotatable bonds is 4. The average Bonchev–Trinajstić information content (AvgIpc) is 2.15. The lowest BCUT2D eigenvalue weighted by Crippen LogP contribution is -1.97. The molecule has 0 saturated carbocycles. The molecule has 0 N–H and O–H groups in total. The Morgan fingerprint density at radius 3 is 2.79 bits per heavy atom. The van der Waals surface area contributed by atoms with Crippen molar-refractivity contribution in [3.8, 4) is 5.75 Å². The van der Waals surface area contributed by atoms with Gasteiger partial charge < -0.3 is 9.53 Å². The van der Waals surface area contributed by atoms with Gasteiger partial charge in [0.05, 0.1) is 7.11 Å². The van der Waals surface area contributed by atoms with Crippen LogP contribution >= 0.6 is 15.9 Å². The largest absolute Gasteiger partial charge is 0.496 e. The molecule has 2 nitrogen and oxygen atoms in total. The van der Waals surface area contributed by atoms with Crippen molar-refractivity contribution in [1.29, 1.82) is 0 Å². The Kier molecular flexibility index (Phi) is 4.14. The number of halogens is 1. The Morgan fingerprint density at radius 2 is 2.21 bits per heavy atom. The van der Waals surface area contributed by atoms with Crippen LogP contribution in [0.15, 0.2) is 22.7 Å². The molecule has 0 radical (unpaired) electrons. The van der Waals surface area contributed by atoms with Gasteiger partial charge in [-0.15, -0.1) is 0 Å². The summed E-state index contributed by atoms with van der Waals surface area (Å²) in [6, 6.07) is 5.82. The third-order valence-corrected chi connectivity index (χ3v) is 2.48. The average molecular weight is 257 g/mol. The van der Waals surface area contributed by atoms with Gasteiger partial charge in [-0.05, 0) is 37.1 Å². The molecule has 0 saturated heterocycles. The molecule has 0 aliphatic carbocycles. The normalized spacial score (nSPS) is 9.93. The fourth-order valence-corrected chi connectivity index (χ4v) is 1.66. The molecule has 0 bridgehead atoms. The highest BCUT2D eigenvalue weighted by Gasteiger charge is 2.04. The SMILES string of the molecule is COc1ccc(Br)cc1CCC(C)=O. The smallest absolute Gasteiger partial charge is 0.130 e. The van der Waals surface area contributed by atoms with E-state index in [2.05, 4.69) is 15.9 Å². The van der Waals surface area contributed by atoms with Crippen molar-refractivity contribution in [3.05, 3.63) is 28.2 Å². The highest BCUT2D eigenvalue weighted by atomic mass is 79.9. The van der Waals surface area contributed by atoms with Gasteiger partial charge in [0.2, 0.25) is 0 Å². The number of carbonyl (C=O) groups is 1. The zero-order valence-corrected chi connectivity index (χ0v) is 9.93. The lowest BCUT2D eigenvalue weighted by atomic mass is 10.1. The van der Waals surface area contributed by atoms with Crippen molar-refractivity contribution in [2.45, 2.75) is 19.8 Å². The fraction of sp³-hybridized carbons (Fsp3) is 0.364. The molecule has 0 aliphatic rings. The second kappa shape index (κ2) is 5.15. The van der Waals surface area contributed by atoms with Crippen LogP contribution in [0.5, 0.6) is 5.75 Å². The van der Waals surface area contributed by atoms with Crippen molar-refractivity contribution >= 4 is 21.7 Å². The molecule has 0 aromatic heterocycles. The van der Waals surface area contributed by atoms with E-state index in [0.29, 0.717) is 6.42 Å². The molecular formula is C11H13BrO2. The second-order valence-corrected chi connectivity index (χ2v) is 4.07. The van der Waals surface area contributed by atoms with E-state index in [-0.39, 0.29) is 5.78 Å². The predicted octanol–water partition coefficient (Wildman–Crippen LogP) is 2.98. The van der Waals surface area contributed by atoms with Crippen LogP contribution in [0.25, 0.3) is 0 Å². The minimum absolute atomic E-state index is 0.201. The lowest BCUT2D eigenvalue weighted by Gasteiger charge is -2.07. The van der Waals surface area contributed by atoms with Gasteiger partial charge in [0.15, 0.2) is 0 Å². The molecule has 3 heteroatoms. The summed E-state index contributed by atoms with van der Waals surface area (Å²) in [7, 11) is 1.64. The summed E-state index contributed by atoms with van der Waals surface area (Å²) >= 11 is 3.39. The third-order valence-electron chi connectivity index (χ3n) is 1.99. The van der Waals surface area contributed by atoms with E-state index >= 15 is 0 Å². The van der Waals surface area contributed by atoms with Gasteiger partial charge >= 0.3 is 0 Å². The van der Waals surface area contributed by atoms with Crippen LogP contribution in [-0.4, -0.2) is 12.9 Å². The first kappa shape index (κ1) is 11.2. The summed E-state index contributed by atoms with van der Waals surface area (Å²) in [4.78, 5) is 10.8. The monoisotopic (exact) mass is 256 g/mol. The van der Waals surface area contributed by atoms with E-state index < -0.39 is 0 Å². The van der Waals surface area contributed by atoms with Gasteiger partial charge in [-0.1, -0.05) is 15.9 Å². The number of hydrogen-bond donors (Lipinski definition) is 0. The molecule has 0 fully saturated rings. The van der Waals surface area contributed by atoms with Crippen LogP contribution in [0.4, 0.5) is 0 Å². The van der Waals surface area contributed by atoms with Gasteiger partial charge in [-0.25, -0.2) is 0 Å².